The number of piperazine rings is 1. The van der Waals surface area contributed by atoms with E-state index >= 15 is 0 Å². The number of halogens is 4. The molecule has 0 saturated carbocycles. The fraction of sp³-hybridized carbons (Fsp3) is 0.500. The first-order chi connectivity index (χ1) is 9.23. The molecule has 1 aromatic carbocycles. The molecule has 0 radical (unpaired) electrons. The van der Waals surface area contributed by atoms with Crippen molar-refractivity contribution in [2.45, 2.75) is 24.0 Å². The number of hydrogen-bond acceptors (Lipinski definition) is 3. The van der Waals surface area contributed by atoms with Crippen molar-refractivity contribution in [2.75, 3.05) is 19.6 Å². The Labute approximate surface area is 127 Å². The van der Waals surface area contributed by atoms with Crippen LogP contribution in [-0.2, 0) is 16.2 Å². The molecule has 9 heteroatoms. The zero-order valence-corrected chi connectivity index (χ0v) is 12.9. The summed E-state index contributed by atoms with van der Waals surface area (Å²) in [6.07, 6.45) is -4.47. The molecule has 0 amide bonds. The first-order valence-electron chi connectivity index (χ1n) is 6.13. The molecule has 1 aliphatic rings. The van der Waals surface area contributed by atoms with Gasteiger partial charge >= 0.3 is 6.18 Å². The molecule has 1 N–H and O–H groups in total. The molecule has 2 rings (SSSR count). The number of nitrogens with one attached hydrogen (secondary N) is 1. The van der Waals surface area contributed by atoms with Gasteiger partial charge in [-0.05, 0) is 31.2 Å². The van der Waals surface area contributed by atoms with Gasteiger partial charge in [0.2, 0.25) is 10.0 Å². The standard InChI is InChI=1S/C12H15F3N2O2S.ClH/c1-9-8-16-6-7-17(9)20(18,19)11-4-2-10(3-5-11)12(13,14)15;/h2-5,9,16H,6-8H2,1H3;1H/t9-;/m0./s1. The lowest BCUT2D eigenvalue weighted by Gasteiger charge is -2.32. The van der Waals surface area contributed by atoms with Crippen LogP contribution in [0.1, 0.15) is 12.5 Å². The summed E-state index contributed by atoms with van der Waals surface area (Å²) in [4.78, 5) is -0.112. The summed E-state index contributed by atoms with van der Waals surface area (Å²) in [5.41, 5.74) is -0.857. The lowest BCUT2D eigenvalue weighted by Crippen LogP contribution is -2.52. The molecule has 1 saturated heterocycles. The average molecular weight is 345 g/mol. The third kappa shape index (κ3) is 3.88. The van der Waals surface area contributed by atoms with Crippen molar-refractivity contribution in [1.29, 1.82) is 0 Å². The van der Waals surface area contributed by atoms with Crippen molar-refractivity contribution < 1.29 is 21.6 Å². The van der Waals surface area contributed by atoms with Crippen molar-refractivity contribution in [2.24, 2.45) is 0 Å². The molecule has 120 valence electrons. The van der Waals surface area contributed by atoms with Gasteiger partial charge in [0.15, 0.2) is 0 Å². The van der Waals surface area contributed by atoms with Crippen molar-refractivity contribution in [3.05, 3.63) is 29.8 Å². The van der Waals surface area contributed by atoms with Gasteiger partial charge < -0.3 is 5.32 Å². The van der Waals surface area contributed by atoms with E-state index in [1.807, 2.05) is 0 Å². The van der Waals surface area contributed by atoms with Gasteiger partial charge in [0, 0.05) is 25.7 Å². The summed E-state index contributed by atoms with van der Waals surface area (Å²) >= 11 is 0. The van der Waals surface area contributed by atoms with E-state index in [1.54, 1.807) is 6.92 Å². The zero-order chi connectivity index (χ0) is 15.0. The van der Waals surface area contributed by atoms with Crippen LogP contribution in [0.3, 0.4) is 0 Å². The lowest BCUT2D eigenvalue weighted by atomic mass is 10.2. The number of hydrogen-bond donors (Lipinski definition) is 1. The smallest absolute Gasteiger partial charge is 0.314 e. The highest BCUT2D eigenvalue weighted by atomic mass is 35.5. The van der Waals surface area contributed by atoms with Gasteiger partial charge in [-0.1, -0.05) is 0 Å². The first kappa shape index (κ1) is 18.2. The molecule has 21 heavy (non-hydrogen) atoms. The van der Waals surface area contributed by atoms with E-state index in [1.165, 1.54) is 4.31 Å². The summed E-state index contributed by atoms with van der Waals surface area (Å²) in [5.74, 6) is 0. The molecule has 1 fully saturated rings. The van der Waals surface area contributed by atoms with Gasteiger partial charge in [-0.15, -0.1) is 12.4 Å². The second-order valence-corrected chi connectivity index (χ2v) is 6.58. The van der Waals surface area contributed by atoms with Crippen molar-refractivity contribution in [3.63, 3.8) is 0 Å². The fourth-order valence-corrected chi connectivity index (χ4v) is 3.76. The van der Waals surface area contributed by atoms with Crippen LogP contribution in [0, 0.1) is 0 Å². The largest absolute Gasteiger partial charge is 0.416 e. The quantitative estimate of drug-likeness (QED) is 0.894. The Kier molecular flexibility index (Phi) is 5.65. The molecule has 0 bridgehead atoms. The van der Waals surface area contributed by atoms with E-state index in [-0.39, 0.29) is 23.3 Å². The Morgan fingerprint density at radius 1 is 1.24 bits per heavy atom. The highest BCUT2D eigenvalue weighted by molar-refractivity contribution is 7.89. The van der Waals surface area contributed by atoms with Gasteiger partial charge in [-0.2, -0.15) is 17.5 Å². The van der Waals surface area contributed by atoms with Crippen LogP contribution in [0.15, 0.2) is 29.2 Å². The highest BCUT2D eigenvalue weighted by Crippen LogP contribution is 2.30. The first-order valence-corrected chi connectivity index (χ1v) is 7.57. The predicted octanol–water partition coefficient (Wildman–Crippen LogP) is 2.11. The van der Waals surface area contributed by atoms with E-state index in [0.717, 1.165) is 24.3 Å². The van der Waals surface area contributed by atoms with Crippen molar-refractivity contribution >= 4 is 22.4 Å². The summed E-state index contributed by atoms with van der Waals surface area (Å²) in [6.45, 7) is 3.13. The summed E-state index contributed by atoms with van der Waals surface area (Å²) in [5, 5.41) is 3.06. The minimum Gasteiger partial charge on any atom is -0.314 e. The molecule has 1 heterocycles. The molecule has 0 unspecified atom stereocenters. The molecule has 0 aliphatic carbocycles. The Bertz CT molecular complexity index is 575. The fourth-order valence-electron chi connectivity index (χ4n) is 2.13. The maximum Gasteiger partial charge on any atom is 0.416 e. The maximum absolute atomic E-state index is 12.5. The van der Waals surface area contributed by atoms with E-state index in [9.17, 15) is 21.6 Å². The van der Waals surface area contributed by atoms with Crippen LogP contribution in [0.25, 0.3) is 0 Å². The maximum atomic E-state index is 12.5. The summed E-state index contributed by atoms with van der Waals surface area (Å²) in [6, 6.07) is 3.37. The van der Waals surface area contributed by atoms with Crippen molar-refractivity contribution in [1.82, 2.24) is 9.62 Å². The van der Waals surface area contributed by atoms with Crippen LogP contribution in [0.2, 0.25) is 0 Å². The van der Waals surface area contributed by atoms with Crippen LogP contribution in [0.5, 0.6) is 0 Å². The third-order valence-electron chi connectivity index (χ3n) is 3.23. The van der Waals surface area contributed by atoms with Gasteiger partial charge in [0.25, 0.3) is 0 Å². The highest BCUT2D eigenvalue weighted by Gasteiger charge is 2.33. The molecule has 1 aliphatic heterocycles. The lowest BCUT2D eigenvalue weighted by molar-refractivity contribution is -0.137. The normalized spacial score (nSPS) is 20.9. The summed E-state index contributed by atoms with van der Waals surface area (Å²) in [7, 11) is -3.75. The monoisotopic (exact) mass is 344 g/mol. The average Bonchev–Trinajstić information content (AvgIpc) is 2.38. The second-order valence-electron chi connectivity index (χ2n) is 4.69. The third-order valence-corrected chi connectivity index (χ3v) is 5.26. The minimum absolute atomic E-state index is 0. The summed E-state index contributed by atoms with van der Waals surface area (Å²) < 4.78 is 63.5. The molecule has 0 spiro atoms. The molecule has 4 nitrogen and oxygen atoms in total. The van der Waals surface area contributed by atoms with Crippen LogP contribution in [-0.4, -0.2) is 38.4 Å². The van der Waals surface area contributed by atoms with E-state index in [0.29, 0.717) is 19.6 Å². The van der Waals surface area contributed by atoms with Crippen LogP contribution in [0.4, 0.5) is 13.2 Å². The number of alkyl halides is 3. The van der Waals surface area contributed by atoms with Crippen LogP contribution < -0.4 is 5.32 Å². The van der Waals surface area contributed by atoms with Crippen LogP contribution >= 0.6 is 12.4 Å². The topological polar surface area (TPSA) is 49.4 Å². The van der Waals surface area contributed by atoms with Gasteiger partial charge in [-0.25, -0.2) is 8.42 Å². The Morgan fingerprint density at radius 3 is 2.29 bits per heavy atom. The molecular weight excluding hydrogens is 329 g/mol. The Morgan fingerprint density at radius 2 is 1.81 bits per heavy atom. The van der Waals surface area contributed by atoms with Gasteiger partial charge in [0.1, 0.15) is 0 Å². The van der Waals surface area contributed by atoms with E-state index in [2.05, 4.69) is 5.32 Å². The molecule has 1 atom stereocenters. The van der Waals surface area contributed by atoms with Crippen molar-refractivity contribution in [3.8, 4) is 0 Å². The number of rotatable bonds is 2. The SMILES string of the molecule is C[C@H]1CNCCN1S(=O)(=O)c1ccc(C(F)(F)F)cc1.Cl. The predicted molar refractivity (Wildman–Crippen MR) is 74.9 cm³/mol. The number of benzene rings is 1. The minimum atomic E-state index is -4.47. The van der Waals surface area contributed by atoms with Gasteiger partial charge in [-0.3, -0.25) is 0 Å². The molecular formula is C12H16ClF3N2O2S. The second kappa shape index (κ2) is 6.51. The number of sulfonamides is 1. The Balaban J connectivity index is 0.00000220. The number of nitrogens with zero attached hydrogens (tertiary/aromatic N) is 1. The van der Waals surface area contributed by atoms with E-state index < -0.39 is 21.8 Å². The van der Waals surface area contributed by atoms with Gasteiger partial charge in [0.05, 0.1) is 10.5 Å². The Hall–Kier alpha value is -0.830. The molecule has 1 aromatic rings. The zero-order valence-electron chi connectivity index (χ0n) is 11.2. The van der Waals surface area contributed by atoms with E-state index in [4.69, 9.17) is 0 Å². The molecule has 0 aromatic heterocycles.